The quantitative estimate of drug-likeness (QED) is 0.420. The van der Waals surface area contributed by atoms with Crippen molar-refractivity contribution in [3.8, 4) is 11.5 Å². The van der Waals surface area contributed by atoms with E-state index in [0.717, 1.165) is 15.5 Å². The Kier molecular flexibility index (Phi) is 5.95. The molecule has 1 aromatic heterocycles. The van der Waals surface area contributed by atoms with Gasteiger partial charge in [0.15, 0.2) is 0 Å². The Hall–Kier alpha value is -3.83. The summed E-state index contributed by atoms with van der Waals surface area (Å²) in [5.74, 6) is -1.65. The summed E-state index contributed by atoms with van der Waals surface area (Å²) in [6.07, 6.45) is 0. The zero-order valence-electron chi connectivity index (χ0n) is 18.5. The first-order valence-corrected chi connectivity index (χ1v) is 12.4. The van der Waals surface area contributed by atoms with Crippen LogP contribution in [0.25, 0.3) is 22.2 Å². The van der Waals surface area contributed by atoms with E-state index in [2.05, 4.69) is 5.10 Å². The molecule has 180 valence electrons. The lowest BCUT2D eigenvalue weighted by Crippen LogP contribution is -2.51. The number of sulfonamides is 1. The third-order valence-electron chi connectivity index (χ3n) is 5.93. The van der Waals surface area contributed by atoms with Crippen LogP contribution in [0.4, 0.5) is 4.39 Å². The highest BCUT2D eigenvalue weighted by Crippen LogP contribution is 2.23. The standard InChI is InChI=1S/C24H21FN4O5S/c25-20-8-5-18(6-9-20)23-26-29(24(31)34-23)16-22(30)27-11-13-28(14-12-27)35(32,33)21-10-7-17-3-1-2-4-19(17)15-21/h1-10,15H,11-14,16H2. The minimum atomic E-state index is -3.71. The zero-order valence-corrected chi connectivity index (χ0v) is 19.3. The molecular formula is C24H21FN4O5S. The Bertz CT molecular complexity index is 1550. The largest absolute Gasteiger partial charge is 0.437 e. The normalized spacial score (nSPS) is 14.9. The van der Waals surface area contributed by atoms with Crippen molar-refractivity contribution in [2.45, 2.75) is 11.4 Å². The van der Waals surface area contributed by atoms with E-state index in [1.54, 1.807) is 18.2 Å². The van der Waals surface area contributed by atoms with Gasteiger partial charge in [0.2, 0.25) is 21.8 Å². The summed E-state index contributed by atoms with van der Waals surface area (Å²) in [6, 6.07) is 17.8. The molecular weight excluding hydrogens is 475 g/mol. The summed E-state index contributed by atoms with van der Waals surface area (Å²) in [6.45, 7) is 0.290. The summed E-state index contributed by atoms with van der Waals surface area (Å²) in [4.78, 5) is 26.6. The average molecular weight is 497 g/mol. The van der Waals surface area contributed by atoms with Gasteiger partial charge in [-0.1, -0.05) is 30.3 Å². The molecule has 2 heterocycles. The van der Waals surface area contributed by atoms with Crippen LogP contribution in [0.15, 0.2) is 80.8 Å². The van der Waals surface area contributed by atoms with Gasteiger partial charge in [0.05, 0.1) is 4.90 Å². The molecule has 0 N–H and O–H groups in total. The molecule has 3 aromatic carbocycles. The number of hydrogen-bond acceptors (Lipinski definition) is 6. The van der Waals surface area contributed by atoms with Gasteiger partial charge >= 0.3 is 5.76 Å². The summed E-state index contributed by atoms with van der Waals surface area (Å²) in [7, 11) is -3.71. The number of carbonyl (C=O) groups excluding carboxylic acids is 1. The van der Waals surface area contributed by atoms with Gasteiger partial charge in [0, 0.05) is 31.7 Å². The van der Waals surface area contributed by atoms with E-state index in [1.165, 1.54) is 33.5 Å². The van der Waals surface area contributed by atoms with Gasteiger partial charge in [-0.2, -0.15) is 8.99 Å². The molecule has 5 rings (SSSR count). The van der Waals surface area contributed by atoms with Crippen molar-refractivity contribution < 1.29 is 22.0 Å². The molecule has 0 atom stereocenters. The monoisotopic (exact) mass is 496 g/mol. The van der Waals surface area contributed by atoms with Crippen LogP contribution in [0.2, 0.25) is 0 Å². The van der Waals surface area contributed by atoms with E-state index < -0.39 is 21.6 Å². The molecule has 1 aliphatic heterocycles. The maximum Gasteiger partial charge on any atom is 0.437 e. The highest BCUT2D eigenvalue weighted by molar-refractivity contribution is 7.89. The summed E-state index contributed by atoms with van der Waals surface area (Å²) in [5, 5.41) is 5.81. The molecule has 1 amide bonds. The third-order valence-corrected chi connectivity index (χ3v) is 7.83. The fourth-order valence-corrected chi connectivity index (χ4v) is 5.46. The molecule has 0 unspecified atom stereocenters. The molecule has 1 saturated heterocycles. The number of nitrogens with zero attached hydrogens (tertiary/aromatic N) is 4. The van der Waals surface area contributed by atoms with Crippen molar-refractivity contribution in [3.63, 3.8) is 0 Å². The topological polar surface area (TPSA) is 106 Å². The van der Waals surface area contributed by atoms with Crippen molar-refractivity contribution in [1.82, 2.24) is 19.0 Å². The van der Waals surface area contributed by atoms with Crippen LogP contribution in [0.1, 0.15) is 0 Å². The van der Waals surface area contributed by atoms with Crippen molar-refractivity contribution in [2.24, 2.45) is 0 Å². The SMILES string of the molecule is O=C(Cn1nc(-c2ccc(F)cc2)oc1=O)N1CCN(S(=O)(=O)c2ccc3ccccc3c2)CC1. The van der Waals surface area contributed by atoms with Gasteiger partial charge in [0.1, 0.15) is 12.4 Å². The van der Waals surface area contributed by atoms with E-state index >= 15 is 0 Å². The van der Waals surface area contributed by atoms with Gasteiger partial charge in [-0.15, -0.1) is 5.10 Å². The molecule has 4 aromatic rings. The maximum atomic E-state index is 13.1. The van der Waals surface area contributed by atoms with Crippen LogP contribution in [-0.2, 0) is 21.4 Å². The predicted molar refractivity (Wildman–Crippen MR) is 125 cm³/mol. The fraction of sp³-hybridized carbons (Fsp3) is 0.208. The summed E-state index contributed by atoms with van der Waals surface area (Å²) < 4.78 is 46.7. The predicted octanol–water partition coefficient (Wildman–Crippen LogP) is 2.33. The second-order valence-corrected chi connectivity index (χ2v) is 10.1. The molecule has 9 nitrogen and oxygen atoms in total. The van der Waals surface area contributed by atoms with Crippen LogP contribution in [0.5, 0.6) is 0 Å². The van der Waals surface area contributed by atoms with Gasteiger partial charge in [0.25, 0.3) is 0 Å². The molecule has 1 aliphatic rings. The van der Waals surface area contributed by atoms with Crippen LogP contribution >= 0.6 is 0 Å². The highest BCUT2D eigenvalue weighted by Gasteiger charge is 2.30. The van der Waals surface area contributed by atoms with Crippen LogP contribution in [-0.4, -0.2) is 59.5 Å². The van der Waals surface area contributed by atoms with E-state index in [1.807, 2.05) is 24.3 Å². The zero-order chi connectivity index (χ0) is 24.6. The number of carbonyl (C=O) groups is 1. The Morgan fingerprint density at radius 2 is 1.63 bits per heavy atom. The number of piperazine rings is 1. The van der Waals surface area contributed by atoms with Gasteiger partial charge in [-0.05, 0) is 47.2 Å². The minimum absolute atomic E-state index is 0.0194. The molecule has 0 radical (unpaired) electrons. The first-order chi connectivity index (χ1) is 16.8. The molecule has 0 spiro atoms. The Morgan fingerprint density at radius 3 is 2.34 bits per heavy atom. The Morgan fingerprint density at radius 1 is 0.943 bits per heavy atom. The van der Waals surface area contributed by atoms with Gasteiger partial charge in [-0.3, -0.25) is 4.79 Å². The minimum Gasteiger partial charge on any atom is -0.388 e. The molecule has 11 heteroatoms. The summed E-state index contributed by atoms with van der Waals surface area (Å²) >= 11 is 0. The first-order valence-electron chi connectivity index (χ1n) is 10.9. The highest BCUT2D eigenvalue weighted by atomic mass is 32.2. The van der Waals surface area contributed by atoms with E-state index in [9.17, 15) is 22.4 Å². The Balaban J connectivity index is 1.24. The van der Waals surface area contributed by atoms with E-state index in [4.69, 9.17) is 4.42 Å². The molecule has 0 saturated carbocycles. The summed E-state index contributed by atoms with van der Waals surface area (Å²) in [5.41, 5.74) is 0.405. The lowest BCUT2D eigenvalue weighted by molar-refractivity contribution is -0.133. The average Bonchev–Trinajstić information content (AvgIpc) is 3.24. The number of aromatic nitrogens is 2. The third kappa shape index (κ3) is 4.60. The Labute approximate surface area is 200 Å². The van der Waals surface area contributed by atoms with E-state index in [-0.39, 0.29) is 49.4 Å². The smallest absolute Gasteiger partial charge is 0.388 e. The number of hydrogen-bond donors (Lipinski definition) is 0. The molecule has 0 bridgehead atoms. The van der Waals surface area contributed by atoms with Crippen LogP contribution < -0.4 is 5.76 Å². The van der Waals surface area contributed by atoms with Gasteiger partial charge in [-0.25, -0.2) is 17.6 Å². The lowest BCUT2D eigenvalue weighted by atomic mass is 10.1. The van der Waals surface area contributed by atoms with Crippen molar-refractivity contribution in [2.75, 3.05) is 26.2 Å². The van der Waals surface area contributed by atoms with Gasteiger partial charge < -0.3 is 9.32 Å². The fourth-order valence-electron chi connectivity index (χ4n) is 4.00. The molecule has 0 aliphatic carbocycles. The number of halogens is 1. The second-order valence-electron chi connectivity index (χ2n) is 8.13. The van der Waals surface area contributed by atoms with Crippen molar-refractivity contribution in [3.05, 3.63) is 83.1 Å². The number of benzene rings is 3. The van der Waals surface area contributed by atoms with Crippen LogP contribution in [0, 0.1) is 5.82 Å². The lowest BCUT2D eigenvalue weighted by Gasteiger charge is -2.34. The molecule has 35 heavy (non-hydrogen) atoms. The maximum absolute atomic E-state index is 13.1. The van der Waals surface area contributed by atoms with Crippen LogP contribution in [0.3, 0.4) is 0 Å². The molecule has 1 fully saturated rings. The first kappa shape index (κ1) is 22.9. The van der Waals surface area contributed by atoms with E-state index in [0.29, 0.717) is 5.56 Å². The van der Waals surface area contributed by atoms with Crippen molar-refractivity contribution in [1.29, 1.82) is 0 Å². The second kappa shape index (κ2) is 9.08. The van der Waals surface area contributed by atoms with Crippen molar-refractivity contribution >= 4 is 26.7 Å². The number of rotatable bonds is 5. The number of fused-ring (bicyclic) bond motifs is 1. The number of amides is 1.